The number of carbonyl (C=O) groups is 3. The summed E-state index contributed by atoms with van der Waals surface area (Å²) < 4.78 is 6.86. The number of fused-ring (bicyclic) bond motifs is 3. The second-order valence-corrected chi connectivity index (χ2v) is 9.65. The smallest absolute Gasteiger partial charge is 0.412 e. The molecule has 1 saturated heterocycles. The lowest BCUT2D eigenvalue weighted by atomic mass is 9.74. The molecule has 2 N–H and O–H groups in total. The first kappa shape index (κ1) is 22.6. The zero-order valence-electron chi connectivity index (χ0n) is 19.7. The maximum Gasteiger partial charge on any atom is 0.412 e. The van der Waals surface area contributed by atoms with E-state index in [9.17, 15) is 19.5 Å². The van der Waals surface area contributed by atoms with Crippen LogP contribution >= 0.6 is 0 Å². The predicted octanol–water partition coefficient (Wildman–Crippen LogP) is 3.72. The number of likely N-dealkylation sites (tertiary alicyclic amines) is 1. The summed E-state index contributed by atoms with van der Waals surface area (Å²) in [5.74, 6) is -1.42. The maximum absolute atomic E-state index is 12.9. The number of hydrogen-bond acceptors (Lipinski definition) is 5. The monoisotopic (exact) mass is 474 g/mol. The number of benzene rings is 2. The minimum Gasteiger partial charge on any atom is -0.480 e. The van der Waals surface area contributed by atoms with Gasteiger partial charge in [0.2, 0.25) is 0 Å². The SMILES string of the molecule is Cn1nc(NC(=O)OCC2c3ccccc3-c3ccccc32)cc1C(=O)N1CC(C)(C)C1C(=O)O. The number of aryl methyl sites for hydroxylation is 1. The molecule has 180 valence electrons. The third-order valence-corrected chi connectivity index (χ3v) is 6.80. The Kier molecular flexibility index (Phi) is 5.35. The van der Waals surface area contributed by atoms with Crippen molar-refractivity contribution in [3.63, 3.8) is 0 Å². The molecule has 9 nitrogen and oxygen atoms in total. The van der Waals surface area contributed by atoms with E-state index in [4.69, 9.17) is 4.74 Å². The normalized spacial score (nSPS) is 17.8. The van der Waals surface area contributed by atoms with Gasteiger partial charge in [-0.05, 0) is 22.3 Å². The first-order valence-electron chi connectivity index (χ1n) is 11.4. The summed E-state index contributed by atoms with van der Waals surface area (Å²) in [6, 6.07) is 16.6. The molecule has 2 aromatic carbocycles. The highest BCUT2D eigenvalue weighted by atomic mass is 16.5. The number of nitrogens with zero attached hydrogens (tertiary/aromatic N) is 3. The van der Waals surface area contributed by atoms with Crippen LogP contribution in [0.3, 0.4) is 0 Å². The lowest BCUT2D eigenvalue weighted by molar-refractivity contribution is -0.156. The number of ether oxygens (including phenoxy) is 1. The molecule has 0 bridgehead atoms. The van der Waals surface area contributed by atoms with Gasteiger partial charge in [0, 0.05) is 31.0 Å². The van der Waals surface area contributed by atoms with E-state index >= 15 is 0 Å². The van der Waals surface area contributed by atoms with Crippen LogP contribution < -0.4 is 5.32 Å². The average molecular weight is 475 g/mol. The molecule has 0 radical (unpaired) electrons. The lowest BCUT2D eigenvalue weighted by Crippen LogP contribution is -2.67. The van der Waals surface area contributed by atoms with Crippen LogP contribution in [0.25, 0.3) is 11.1 Å². The van der Waals surface area contributed by atoms with Gasteiger partial charge >= 0.3 is 12.1 Å². The van der Waals surface area contributed by atoms with Gasteiger partial charge in [-0.3, -0.25) is 14.8 Å². The van der Waals surface area contributed by atoms with Gasteiger partial charge in [-0.25, -0.2) is 9.59 Å². The Morgan fingerprint density at radius 1 is 1.09 bits per heavy atom. The summed E-state index contributed by atoms with van der Waals surface area (Å²) in [7, 11) is 1.57. The van der Waals surface area contributed by atoms with Crippen molar-refractivity contribution >= 4 is 23.8 Å². The Bertz CT molecular complexity index is 1300. The highest BCUT2D eigenvalue weighted by Gasteiger charge is 2.53. The minimum absolute atomic E-state index is 0.0725. The van der Waals surface area contributed by atoms with Crippen molar-refractivity contribution in [2.75, 3.05) is 18.5 Å². The van der Waals surface area contributed by atoms with Crippen LogP contribution in [-0.2, 0) is 16.6 Å². The molecule has 2 amide bonds. The molecular weight excluding hydrogens is 448 g/mol. The Hall–Kier alpha value is -4.14. The molecule has 1 unspecified atom stereocenters. The van der Waals surface area contributed by atoms with Gasteiger partial charge in [-0.15, -0.1) is 0 Å². The standard InChI is InChI=1S/C26H26N4O5/c1-26(2)14-30(22(26)24(32)33)23(31)20-12-21(28-29(20)3)27-25(34)35-13-19-17-10-6-4-8-15(17)16-9-5-7-11-18(16)19/h4-12,19,22H,13-14H2,1-3H3,(H,32,33)(H,27,28,34). The average Bonchev–Trinajstić information content (AvgIpc) is 3.32. The number of amides is 2. The van der Waals surface area contributed by atoms with Gasteiger partial charge in [0.1, 0.15) is 18.3 Å². The highest BCUT2D eigenvalue weighted by molar-refractivity contribution is 5.98. The van der Waals surface area contributed by atoms with Crippen LogP contribution in [0.15, 0.2) is 54.6 Å². The Morgan fingerprint density at radius 3 is 2.26 bits per heavy atom. The van der Waals surface area contributed by atoms with Crippen molar-refractivity contribution in [2.45, 2.75) is 25.8 Å². The molecule has 1 atom stereocenters. The molecule has 0 saturated carbocycles. The van der Waals surface area contributed by atoms with Crippen LogP contribution in [-0.4, -0.2) is 57.0 Å². The summed E-state index contributed by atoms with van der Waals surface area (Å²) >= 11 is 0. The molecule has 9 heteroatoms. The van der Waals surface area contributed by atoms with E-state index in [0.29, 0.717) is 6.54 Å². The molecule has 1 aliphatic heterocycles. The fourth-order valence-corrected chi connectivity index (χ4v) is 5.20. The molecule has 2 heterocycles. The third kappa shape index (κ3) is 3.82. The van der Waals surface area contributed by atoms with Gasteiger partial charge in [0.15, 0.2) is 5.82 Å². The van der Waals surface area contributed by atoms with E-state index in [2.05, 4.69) is 22.5 Å². The van der Waals surface area contributed by atoms with Crippen LogP contribution in [0.1, 0.15) is 41.4 Å². The van der Waals surface area contributed by atoms with E-state index in [1.54, 1.807) is 7.05 Å². The van der Waals surface area contributed by atoms with Crippen LogP contribution in [0.4, 0.5) is 10.6 Å². The molecule has 1 fully saturated rings. The van der Waals surface area contributed by atoms with E-state index in [1.165, 1.54) is 15.6 Å². The van der Waals surface area contributed by atoms with Gasteiger partial charge < -0.3 is 14.7 Å². The Labute approximate surface area is 202 Å². The van der Waals surface area contributed by atoms with Crippen LogP contribution in [0.2, 0.25) is 0 Å². The summed E-state index contributed by atoms with van der Waals surface area (Å²) in [6.07, 6.45) is -0.683. The second-order valence-electron chi connectivity index (χ2n) is 9.65. The first-order chi connectivity index (χ1) is 16.7. The second kappa shape index (κ2) is 8.26. The van der Waals surface area contributed by atoms with Gasteiger partial charge in [0.25, 0.3) is 5.91 Å². The van der Waals surface area contributed by atoms with Crippen molar-refractivity contribution in [1.29, 1.82) is 0 Å². The largest absolute Gasteiger partial charge is 0.480 e. The molecule has 3 aromatic rings. The quantitative estimate of drug-likeness (QED) is 0.583. The van der Waals surface area contributed by atoms with E-state index in [1.807, 2.05) is 50.2 Å². The molecule has 1 aliphatic carbocycles. The molecule has 2 aliphatic rings. The Morgan fingerprint density at radius 2 is 1.69 bits per heavy atom. The van der Waals surface area contributed by atoms with Crippen molar-refractivity contribution in [1.82, 2.24) is 14.7 Å². The number of carbonyl (C=O) groups excluding carboxylic acids is 2. The fourth-order valence-electron chi connectivity index (χ4n) is 5.20. The fraction of sp³-hybridized carbons (Fsp3) is 0.308. The predicted molar refractivity (Wildman–Crippen MR) is 128 cm³/mol. The van der Waals surface area contributed by atoms with Crippen molar-refractivity contribution in [3.8, 4) is 11.1 Å². The number of carboxylic acid groups (broad SMARTS) is 1. The van der Waals surface area contributed by atoms with E-state index in [-0.39, 0.29) is 24.0 Å². The van der Waals surface area contributed by atoms with Gasteiger partial charge in [-0.1, -0.05) is 62.4 Å². The molecule has 5 rings (SSSR count). The van der Waals surface area contributed by atoms with Crippen molar-refractivity contribution in [3.05, 3.63) is 71.4 Å². The number of rotatable bonds is 5. The lowest BCUT2D eigenvalue weighted by Gasteiger charge is -2.51. The number of hydrogen-bond donors (Lipinski definition) is 2. The first-order valence-corrected chi connectivity index (χ1v) is 11.4. The summed E-state index contributed by atoms with van der Waals surface area (Å²) in [6.45, 7) is 4.09. The molecular formula is C26H26N4O5. The number of aliphatic carboxylic acids is 1. The molecule has 35 heavy (non-hydrogen) atoms. The number of carboxylic acids is 1. The topological polar surface area (TPSA) is 114 Å². The van der Waals surface area contributed by atoms with Crippen molar-refractivity contribution < 1.29 is 24.2 Å². The zero-order chi connectivity index (χ0) is 24.9. The minimum atomic E-state index is -1.05. The molecule has 0 spiro atoms. The van der Waals surface area contributed by atoms with E-state index in [0.717, 1.165) is 22.3 Å². The third-order valence-electron chi connectivity index (χ3n) is 6.80. The molecule has 1 aromatic heterocycles. The number of nitrogens with one attached hydrogen (secondary N) is 1. The van der Waals surface area contributed by atoms with E-state index < -0.39 is 29.4 Å². The van der Waals surface area contributed by atoms with Crippen LogP contribution in [0.5, 0.6) is 0 Å². The maximum atomic E-state index is 12.9. The summed E-state index contributed by atoms with van der Waals surface area (Å²) in [4.78, 5) is 38.4. The number of anilines is 1. The summed E-state index contributed by atoms with van der Waals surface area (Å²) in [5, 5.41) is 16.3. The number of aromatic nitrogens is 2. The highest BCUT2D eigenvalue weighted by Crippen LogP contribution is 2.44. The van der Waals surface area contributed by atoms with Gasteiger partial charge in [-0.2, -0.15) is 5.10 Å². The van der Waals surface area contributed by atoms with Crippen molar-refractivity contribution in [2.24, 2.45) is 12.5 Å². The van der Waals surface area contributed by atoms with Crippen LogP contribution in [0, 0.1) is 5.41 Å². The zero-order valence-corrected chi connectivity index (χ0v) is 19.7. The summed E-state index contributed by atoms with van der Waals surface area (Å²) in [5.41, 5.74) is 4.16. The van der Waals surface area contributed by atoms with Gasteiger partial charge in [0.05, 0.1) is 0 Å². The Balaban J connectivity index is 1.25.